The molecule has 1 rings (SSSR count). The van der Waals surface area contributed by atoms with Crippen molar-refractivity contribution in [3.63, 3.8) is 0 Å². The summed E-state index contributed by atoms with van der Waals surface area (Å²) < 4.78 is 0. The van der Waals surface area contributed by atoms with E-state index in [1.165, 1.54) is 4.90 Å². The molecule has 2 N–H and O–H groups in total. The van der Waals surface area contributed by atoms with E-state index in [-0.39, 0.29) is 6.42 Å². The normalized spacial score (nSPS) is 20.6. The number of carboxylic acid groups (broad SMARTS) is 2. The lowest BCUT2D eigenvalue weighted by Crippen LogP contribution is -2.41. The third-order valence-corrected chi connectivity index (χ3v) is 2.74. The summed E-state index contributed by atoms with van der Waals surface area (Å²) in [4.78, 5) is 34.4. The van der Waals surface area contributed by atoms with Crippen molar-refractivity contribution in [1.29, 1.82) is 0 Å². The first-order valence-electron chi connectivity index (χ1n) is 5.18. The van der Waals surface area contributed by atoms with Gasteiger partial charge in [0.15, 0.2) is 0 Å². The molecule has 0 aromatic carbocycles. The van der Waals surface area contributed by atoms with E-state index in [0.29, 0.717) is 19.4 Å². The monoisotopic (exact) mass is 239 g/mol. The summed E-state index contributed by atoms with van der Waals surface area (Å²) in [5, 5.41) is 17.6. The highest BCUT2D eigenvalue weighted by Crippen LogP contribution is 2.19. The average molecular weight is 239 g/mol. The topological polar surface area (TPSA) is 94.9 Å². The quantitative estimate of drug-likeness (QED) is 0.662. The highest BCUT2D eigenvalue weighted by molar-refractivity contribution is 5.87. The molecule has 0 saturated carbocycles. The molecule has 17 heavy (non-hydrogen) atoms. The molecule has 0 bridgehead atoms. The van der Waals surface area contributed by atoms with E-state index >= 15 is 0 Å². The van der Waals surface area contributed by atoms with Crippen LogP contribution < -0.4 is 0 Å². The van der Waals surface area contributed by atoms with E-state index < -0.39 is 29.8 Å². The Hall–Kier alpha value is -2.03. The van der Waals surface area contributed by atoms with E-state index in [1.54, 1.807) is 0 Å². The van der Waals surface area contributed by atoms with Crippen molar-refractivity contribution in [1.82, 2.24) is 4.90 Å². The molecule has 0 radical (unpaired) electrons. The lowest BCUT2D eigenvalue weighted by atomic mass is 10.1. The lowest BCUT2D eigenvalue weighted by molar-refractivity contribution is -0.149. The second-order valence-electron chi connectivity index (χ2n) is 3.85. The van der Waals surface area contributed by atoms with E-state index in [0.717, 1.165) is 0 Å². The van der Waals surface area contributed by atoms with Crippen LogP contribution in [0.4, 0.5) is 0 Å². The molecule has 1 aliphatic heterocycles. The first kappa shape index (κ1) is 13.0. The van der Waals surface area contributed by atoms with Gasteiger partial charge in [0.05, 0.1) is 6.42 Å². The number of carbonyl (C=O) groups excluding carboxylic acids is 1. The van der Waals surface area contributed by atoms with Gasteiger partial charge in [-0.3, -0.25) is 9.59 Å². The van der Waals surface area contributed by atoms with Gasteiger partial charge in [0.2, 0.25) is 5.91 Å². The van der Waals surface area contributed by atoms with Gasteiger partial charge < -0.3 is 15.1 Å². The van der Waals surface area contributed by atoms with Gasteiger partial charge in [-0.05, 0) is 12.8 Å². The molecular formula is C11H13NO5. The van der Waals surface area contributed by atoms with Gasteiger partial charge in [-0.2, -0.15) is 0 Å². The highest BCUT2D eigenvalue weighted by Gasteiger charge is 2.35. The molecule has 2 atom stereocenters. The Bertz CT molecular complexity index is 384. The Kier molecular flexibility index (Phi) is 4.10. The molecule has 6 nitrogen and oxygen atoms in total. The van der Waals surface area contributed by atoms with Crippen molar-refractivity contribution in [3.05, 3.63) is 0 Å². The van der Waals surface area contributed by atoms with E-state index in [9.17, 15) is 14.4 Å². The van der Waals surface area contributed by atoms with Crippen molar-refractivity contribution in [2.45, 2.75) is 25.3 Å². The maximum atomic E-state index is 11.7. The third kappa shape index (κ3) is 2.97. The fraction of sp³-hybridized carbons (Fsp3) is 0.545. The van der Waals surface area contributed by atoms with Gasteiger partial charge in [0.1, 0.15) is 12.0 Å². The fourth-order valence-corrected chi connectivity index (χ4v) is 1.83. The number of hydrogen-bond acceptors (Lipinski definition) is 3. The molecule has 1 fully saturated rings. The van der Waals surface area contributed by atoms with Gasteiger partial charge >= 0.3 is 11.9 Å². The summed E-state index contributed by atoms with van der Waals surface area (Å²) in [7, 11) is 0. The number of carbonyl (C=O) groups is 3. The van der Waals surface area contributed by atoms with E-state index in [2.05, 4.69) is 0 Å². The van der Waals surface area contributed by atoms with E-state index in [4.69, 9.17) is 16.6 Å². The van der Waals surface area contributed by atoms with Gasteiger partial charge in [0.25, 0.3) is 0 Å². The zero-order chi connectivity index (χ0) is 13.0. The SMILES string of the molecule is C#CC(CC(=O)N1CCC[C@H]1C(=O)O)C(=O)O. The summed E-state index contributed by atoms with van der Waals surface area (Å²) in [6, 6.07) is -0.852. The molecule has 1 aliphatic rings. The fourth-order valence-electron chi connectivity index (χ4n) is 1.83. The van der Waals surface area contributed by atoms with Crippen LogP contribution in [0, 0.1) is 18.3 Å². The van der Waals surface area contributed by atoms with Crippen LogP contribution in [0.25, 0.3) is 0 Å². The smallest absolute Gasteiger partial charge is 0.326 e. The summed E-state index contributed by atoms with van der Waals surface area (Å²) in [6.45, 7) is 0.340. The molecule has 6 heteroatoms. The standard InChI is InChI=1S/C11H13NO5/c1-2-7(10(14)15)6-9(13)12-5-3-4-8(12)11(16)17/h1,7-8H,3-6H2,(H,14,15)(H,16,17)/t7?,8-/m0/s1. The molecule has 0 aromatic rings. The molecule has 1 unspecified atom stereocenters. The number of amides is 1. The number of terminal acetylenes is 1. The van der Waals surface area contributed by atoms with Crippen molar-refractivity contribution < 1.29 is 24.6 Å². The largest absolute Gasteiger partial charge is 0.480 e. The number of hydrogen-bond donors (Lipinski definition) is 2. The van der Waals surface area contributed by atoms with Crippen LogP contribution in [0.15, 0.2) is 0 Å². The van der Waals surface area contributed by atoms with Crippen LogP contribution in [-0.4, -0.2) is 45.5 Å². The molecule has 1 amide bonds. The zero-order valence-corrected chi connectivity index (χ0v) is 9.13. The lowest BCUT2D eigenvalue weighted by Gasteiger charge is -2.22. The number of aliphatic carboxylic acids is 2. The van der Waals surface area contributed by atoms with Crippen molar-refractivity contribution in [2.75, 3.05) is 6.54 Å². The highest BCUT2D eigenvalue weighted by atomic mass is 16.4. The Labute approximate surface area is 98.2 Å². The van der Waals surface area contributed by atoms with Gasteiger partial charge in [-0.1, -0.05) is 5.92 Å². The Balaban J connectivity index is 2.67. The second-order valence-corrected chi connectivity index (χ2v) is 3.85. The summed E-state index contributed by atoms with van der Waals surface area (Å²) >= 11 is 0. The molecular weight excluding hydrogens is 226 g/mol. The Morgan fingerprint density at radius 3 is 2.53 bits per heavy atom. The van der Waals surface area contributed by atoms with Crippen molar-refractivity contribution in [2.24, 2.45) is 5.92 Å². The Morgan fingerprint density at radius 2 is 2.06 bits per heavy atom. The molecule has 92 valence electrons. The molecule has 1 saturated heterocycles. The average Bonchev–Trinajstić information content (AvgIpc) is 2.73. The zero-order valence-electron chi connectivity index (χ0n) is 9.13. The van der Waals surface area contributed by atoms with Gasteiger partial charge in [-0.25, -0.2) is 4.79 Å². The third-order valence-electron chi connectivity index (χ3n) is 2.74. The minimum atomic E-state index is -1.24. The molecule has 0 aliphatic carbocycles. The summed E-state index contributed by atoms with van der Waals surface area (Å²) in [5.74, 6) is -2.01. The first-order valence-corrected chi connectivity index (χ1v) is 5.18. The van der Waals surface area contributed by atoms with Crippen LogP contribution in [0.3, 0.4) is 0 Å². The minimum absolute atomic E-state index is 0.340. The Morgan fingerprint density at radius 1 is 1.41 bits per heavy atom. The van der Waals surface area contributed by atoms with Crippen LogP contribution in [0.5, 0.6) is 0 Å². The summed E-state index contributed by atoms with van der Waals surface area (Å²) in [5.41, 5.74) is 0. The maximum Gasteiger partial charge on any atom is 0.326 e. The number of likely N-dealkylation sites (tertiary alicyclic amines) is 1. The van der Waals surface area contributed by atoms with Crippen LogP contribution in [-0.2, 0) is 14.4 Å². The van der Waals surface area contributed by atoms with Gasteiger partial charge in [-0.15, -0.1) is 6.42 Å². The molecule has 0 aromatic heterocycles. The maximum absolute atomic E-state index is 11.7. The number of rotatable bonds is 4. The second kappa shape index (κ2) is 5.34. The number of nitrogens with zero attached hydrogens (tertiary/aromatic N) is 1. The van der Waals surface area contributed by atoms with Crippen LogP contribution in [0.2, 0.25) is 0 Å². The molecule has 0 spiro atoms. The van der Waals surface area contributed by atoms with Gasteiger partial charge in [0, 0.05) is 6.54 Å². The van der Waals surface area contributed by atoms with Crippen molar-refractivity contribution in [3.8, 4) is 12.3 Å². The predicted octanol–water partition coefficient (Wildman–Crippen LogP) is -0.214. The number of carboxylic acids is 2. The minimum Gasteiger partial charge on any atom is -0.480 e. The summed E-state index contributed by atoms with van der Waals surface area (Å²) in [6.07, 6.45) is 5.65. The van der Waals surface area contributed by atoms with Crippen LogP contribution in [0.1, 0.15) is 19.3 Å². The van der Waals surface area contributed by atoms with Crippen LogP contribution >= 0.6 is 0 Å². The predicted molar refractivity (Wildman–Crippen MR) is 56.9 cm³/mol. The van der Waals surface area contributed by atoms with Crippen molar-refractivity contribution >= 4 is 17.8 Å². The van der Waals surface area contributed by atoms with E-state index in [1.807, 2.05) is 5.92 Å². The first-order chi connectivity index (χ1) is 7.97. The molecule has 1 heterocycles.